The number of hydrogen-bond acceptors (Lipinski definition) is 3. The van der Waals surface area contributed by atoms with Crippen LogP contribution in [0, 0.1) is 0 Å². The minimum atomic E-state index is -0.0480. The average Bonchev–Trinajstić information content (AvgIpc) is 2.69. The number of carbonyl (C=O) groups excluding carboxylic acids is 1. The van der Waals surface area contributed by atoms with Crippen molar-refractivity contribution in [2.45, 2.75) is 13.1 Å². The number of carbonyl (C=O) groups is 1. The molecule has 0 fully saturated rings. The molecule has 1 amide bonds. The van der Waals surface area contributed by atoms with Crippen LogP contribution < -0.4 is 9.47 Å². The van der Waals surface area contributed by atoms with Gasteiger partial charge in [0.25, 0.3) is 5.91 Å². The number of ether oxygens (including phenoxy) is 2. The van der Waals surface area contributed by atoms with E-state index in [-0.39, 0.29) is 12.5 Å². The SMILES string of the molecule is COc1cccc2c1OCC(=O)N(Cc1ccc(Cl)cc1)C2. The summed E-state index contributed by atoms with van der Waals surface area (Å²) in [6, 6.07) is 13.2. The second-order valence-corrected chi connectivity index (χ2v) is 5.55. The molecule has 0 saturated carbocycles. The summed E-state index contributed by atoms with van der Waals surface area (Å²) >= 11 is 5.90. The molecule has 1 aliphatic heterocycles. The third kappa shape index (κ3) is 3.02. The van der Waals surface area contributed by atoms with Gasteiger partial charge in [-0.2, -0.15) is 0 Å². The minimum Gasteiger partial charge on any atom is -0.493 e. The Hall–Kier alpha value is -2.20. The predicted octanol–water partition coefficient (Wildman–Crippen LogP) is 3.27. The highest BCUT2D eigenvalue weighted by Gasteiger charge is 2.23. The molecule has 0 atom stereocenters. The van der Waals surface area contributed by atoms with E-state index in [0.29, 0.717) is 29.6 Å². The minimum absolute atomic E-state index is 0.0148. The largest absolute Gasteiger partial charge is 0.493 e. The molecule has 3 rings (SSSR count). The lowest BCUT2D eigenvalue weighted by Gasteiger charge is -2.20. The number of benzene rings is 2. The van der Waals surface area contributed by atoms with Crippen LogP contribution in [0.5, 0.6) is 11.5 Å². The van der Waals surface area contributed by atoms with Crippen LogP contribution in [0.25, 0.3) is 0 Å². The van der Waals surface area contributed by atoms with E-state index in [1.807, 2.05) is 42.5 Å². The highest BCUT2D eigenvalue weighted by Crippen LogP contribution is 2.33. The summed E-state index contributed by atoms with van der Waals surface area (Å²) < 4.78 is 10.9. The zero-order valence-corrected chi connectivity index (χ0v) is 13.0. The number of methoxy groups -OCH3 is 1. The Bertz CT molecular complexity index is 685. The third-order valence-corrected chi connectivity index (χ3v) is 3.87. The van der Waals surface area contributed by atoms with E-state index < -0.39 is 0 Å². The van der Waals surface area contributed by atoms with Crippen molar-refractivity contribution in [1.82, 2.24) is 4.90 Å². The van der Waals surface area contributed by atoms with Gasteiger partial charge in [-0.05, 0) is 23.8 Å². The maximum atomic E-state index is 12.3. The first-order chi connectivity index (χ1) is 10.7. The van der Waals surface area contributed by atoms with Gasteiger partial charge in [-0.3, -0.25) is 4.79 Å². The van der Waals surface area contributed by atoms with E-state index in [4.69, 9.17) is 21.1 Å². The summed E-state index contributed by atoms with van der Waals surface area (Å²) in [4.78, 5) is 14.1. The van der Waals surface area contributed by atoms with E-state index >= 15 is 0 Å². The van der Waals surface area contributed by atoms with Gasteiger partial charge in [0, 0.05) is 23.7 Å². The normalized spacial score (nSPS) is 14.1. The number of hydrogen-bond donors (Lipinski definition) is 0. The summed E-state index contributed by atoms with van der Waals surface area (Å²) in [5, 5.41) is 0.685. The maximum absolute atomic E-state index is 12.3. The van der Waals surface area contributed by atoms with Gasteiger partial charge in [0.05, 0.1) is 7.11 Å². The van der Waals surface area contributed by atoms with Crippen LogP contribution >= 0.6 is 11.6 Å². The Labute approximate surface area is 134 Å². The summed E-state index contributed by atoms with van der Waals surface area (Å²) in [7, 11) is 1.59. The van der Waals surface area contributed by atoms with Crippen LogP contribution in [0.2, 0.25) is 5.02 Å². The van der Waals surface area contributed by atoms with Crippen LogP contribution in [0.1, 0.15) is 11.1 Å². The molecule has 114 valence electrons. The molecule has 0 radical (unpaired) electrons. The molecule has 0 unspecified atom stereocenters. The van der Waals surface area contributed by atoms with Crippen molar-refractivity contribution in [1.29, 1.82) is 0 Å². The molecule has 22 heavy (non-hydrogen) atoms. The highest BCUT2D eigenvalue weighted by molar-refractivity contribution is 6.30. The molecule has 0 aliphatic carbocycles. The van der Waals surface area contributed by atoms with Gasteiger partial charge in [-0.25, -0.2) is 0 Å². The molecule has 1 aliphatic rings. The second-order valence-electron chi connectivity index (χ2n) is 5.11. The van der Waals surface area contributed by atoms with Crippen molar-refractivity contribution in [3.8, 4) is 11.5 Å². The van der Waals surface area contributed by atoms with E-state index in [9.17, 15) is 4.79 Å². The summed E-state index contributed by atoms with van der Waals surface area (Å²) in [5.41, 5.74) is 1.98. The van der Waals surface area contributed by atoms with Crippen LogP contribution in [-0.2, 0) is 17.9 Å². The van der Waals surface area contributed by atoms with E-state index in [1.165, 1.54) is 0 Å². The molecule has 4 nitrogen and oxygen atoms in total. The molecule has 2 aromatic carbocycles. The van der Waals surface area contributed by atoms with Gasteiger partial charge in [-0.15, -0.1) is 0 Å². The number of para-hydroxylation sites is 1. The number of halogens is 1. The van der Waals surface area contributed by atoms with E-state index in [0.717, 1.165) is 11.1 Å². The Morgan fingerprint density at radius 2 is 2.00 bits per heavy atom. The first-order valence-corrected chi connectivity index (χ1v) is 7.36. The quantitative estimate of drug-likeness (QED) is 0.872. The third-order valence-electron chi connectivity index (χ3n) is 3.62. The van der Waals surface area contributed by atoms with Crippen molar-refractivity contribution in [3.63, 3.8) is 0 Å². The molecule has 0 spiro atoms. The molecule has 0 N–H and O–H groups in total. The number of fused-ring (bicyclic) bond motifs is 1. The van der Waals surface area contributed by atoms with Crippen molar-refractivity contribution < 1.29 is 14.3 Å². The number of nitrogens with zero attached hydrogens (tertiary/aromatic N) is 1. The smallest absolute Gasteiger partial charge is 0.261 e. The molecule has 0 saturated heterocycles. The van der Waals surface area contributed by atoms with Crippen molar-refractivity contribution in [2.75, 3.05) is 13.7 Å². The lowest BCUT2D eigenvalue weighted by atomic mass is 10.1. The lowest BCUT2D eigenvalue weighted by molar-refractivity contribution is -0.133. The predicted molar refractivity (Wildman–Crippen MR) is 84.2 cm³/mol. The zero-order chi connectivity index (χ0) is 15.5. The zero-order valence-electron chi connectivity index (χ0n) is 12.2. The van der Waals surface area contributed by atoms with Crippen molar-refractivity contribution >= 4 is 17.5 Å². The standard InChI is InChI=1S/C17H16ClNO3/c1-21-15-4-2-3-13-10-19(16(20)11-22-17(13)15)9-12-5-7-14(18)8-6-12/h2-8H,9-11H2,1H3. The Morgan fingerprint density at radius 1 is 1.23 bits per heavy atom. The fraction of sp³-hybridized carbons (Fsp3) is 0.235. The van der Waals surface area contributed by atoms with Crippen LogP contribution in [0.15, 0.2) is 42.5 Å². The van der Waals surface area contributed by atoms with Crippen molar-refractivity contribution in [2.24, 2.45) is 0 Å². The molecule has 0 aromatic heterocycles. The number of rotatable bonds is 3. The van der Waals surface area contributed by atoms with Gasteiger partial charge >= 0.3 is 0 Å². The first kappa shape index (κ1) is 14.7. The molecule has 0 bridgehead atoms. The van der Waals surface area contributed by atoms with Crippen molar-refractivity contribution in [3.05, 3.63) is 58.6 Å². The maximum Gasteiger partial charge on any atom is 0.261 e. The Kier molecular flexibility index (Phi) is 4.20. The van der Waals surface area contributed by atoms with Gasteiger partial charge in [0.15, 0.2) is 18.1 Å². The summed E-state index contributed by atoms with van der Waals surface area (Å²) in [6.45, 7) is 1.03. The Balaban J connectivity index is 1.85. The first-order valence-electron chi connectivity index (χ1n) is 6.98. The van der Waals surface area contributed by atoms with E-state index in [1.54, 1.807) is 12.0 Å². The summed E-state index contributed by atoms with van der Waals surface area (Å²) in [6.07, 6.45) is 0. The van der Waals surface area contributed by atoms with Crippen LogP contribution in [-0.4, -0.2) is 24.5 Å². The van der Waals surface area contributed by atoms with Crippen LogP contribution in [0.4, 0.5) is 0 Å². The van der Waals surface area contributed by atoms with E-state index in [2.05, 4.69) is 0 Å². The molecular formula is C17H16ClNO3. The Morgan fingerprint density at radius 3 is 2.73 bits per heavy atom. The number of amides is 1. The fourth-order valence-electron chi connectivity index (χ4n) is 2.48. The fourth-order valence-corrected chi connectivity index (χ4v) is 2.61. The van der Waals surface area contributed by atoms with Gasteiger partial charge < -0.3 is 14.4 Å². The van der Waals surface area contributed by atoms with Gasteiger partial charge in [0.1, 0.15) is 0 Å². The molecular weight excluding hydrogens is 302 g/mol. The average molecular weight is 318 g/mol. The topological polar surface area (TPSA) is 38.8 Å². The lowest BCUT2D eigenvalue weighted by Crippen LogP contribution is -2.31. The molecule has 5 heteroatoms. The van der Waals surface area contributed by atoms with Crippen LogP contribution in [0.3, 0.4) is 0 Å². The highest BCUT2D eigenvalue weighted by atomic mass is 35.5. The summed E-state index contributed by atoms with van der Waals surface area (Å²) in [5.74, 6) is 1.25. The monoisotopic (exact) mass is 317 g/mol. The molecule has 2 aromatic rings. The van der Waals surface area contributed by atoms with Gasteiger partial charge in [-0.1, -0.05) is 35.9 Å². The van der Waals surface area contributed by atoms with Gasteiger partial charge in [0.2, 0.25) is 0 Å². The molecule has 1 heterocycles. The second kappa shape index (κ2) is 6.28.